The number of likely N-dealkylation sites (N-methyl/N-ethyl adjacent to an activating group) is 1. The number of hydrogen-bond acceptors (Lipinski definition) is 12. The first-order valence-electron chi connectivity index (χ1n) is 15.1. The molecule has 0 fully saturated rings. The fraction of sp³-hybridized carbons (Fsp3) is 0.353. The van der Waals surface area contributed by atoms with Crippen LogP contribution < -0.4 is 16.0 Å². The average Bonchev–Trinajstić information content (AvgIpc) is 3.47. The van der Waals surface area contributed by atoms with E-state index < -0.39 is 58.0 Å². The van der Waals surface area contributed by atoms with Crippen molar-refractivity contribution < 1.29 is 34.8 Å². The number of allylic oxidation sites excluding steroid dienone is 1. The SMILES string of the molecule is Cc1ccc(-c2csc(NCc3cc(N(C)C)c4c(c3O)C(=O)C3=C(O)[C@]5(O)C(=O)C(C(N)=O)=C(O)C(N(C)C)[C@@H]5C[C@@H]3C4)n2)cc1. The summed E-state index contributed by atoms with van der Waals surface area (Å²) < 4.78 is 0. The number of nitrogens with one attached hydrogen (secondary N) is 1. The van der Waals surface area contributed by atoms with Gasteiger partial charge in [-0.1, -0.05) is 29.8 Å². The number of primary amides is 1. The first kappa shape index (κ1) is 32.2. The first-order valence-corrected chi connectivity index (χ1v) is 16.0. The maximum Gasteiger partial charge on any atom is 0.255 e. The van der Waals surface area contributed by atoms with Crippen LogP contribution in [0.25, 0.3) is 11.3 Å². The van der Waals surface area contributed by atoms with Crippen LogP contribution in [0.2, 0.25) is 0 Å². The number of rotatable bonds is 7. The number of carbonyl (C=O) groups excluding carboxylic acids is 3. The maximum atomic E-state index is 14.3. The van der Waals surface area contributed by atoms with Gasteiger partial charge in [0.05, 0.1) is 17.3 Å². The topological polar surface area (TPSA) is 190 Å². The molecule has 7 N–H and O–H groups in total. The van der Waals surface area contributed by atoms with Crippen molar-refractivity contribution in [2.24, 2.45) is 17.6 Å². The summed E-state index contributed by atoms with van der Waals surface area (Å²) in [6.45, 7) is 2.14. The number of nitrogens with zero attached hydrogens (tertiary/aromatic N) is 3. The highest BCUT2D eigenvalue weighted by Crippen LogP contribution is 2.53. The van der Waals surface area contributed by atoms with E-state index in [9.17, 15) is 34.8 Å². The molecule has 0 saturated carbocycles. The number of aromatic hydroxyl groups is 1. The smallest absolute Gasteiger partial charge is 0.255 e. The minimum atomic E-state index is -2.69. The Morgan fingerprint density at radius 1 is 1.13 bits per heavy atom. The van der Waals surface area contributed by atoms with Crippen molar-refractivity contribution in [3.05, 3.63) is 80.6 Å². The Kier molecular flexibility index (Phi) is 7.89. The molecule has 3 aromatic rings. The number of ketones is 2. The van der Waals surface area contributed by atoms with Gasteiger partial charge in [-0.15, -0.1) is 11.3 Å². The van der Waals surface area contributed by atoms with Gasteiger partial charge in [-0.25, -0.2) is 4.98 Å². The molecule has 0 radical (unpaired) electrons. The predicted molar refractivity (Wildman–Crippen MR) is 178 cm³/mol. The zero-order valence-electron chi connectivity index (χ0n) is 26.7. The highest BCUT2D eigenvalue weighted by Gasteiger charge is 2.63. The van der Waals surface area contributed by atoms with Crippen LogP contribution in [0.4, 0.5) is 10.8 Å². The summed E-state index contributed by atoms with van der Waals surface area (Å²) >= 11 is 1.40. The Morgan fingerprint density at radius 2 is 1.81 bits per heavy atom. The minimum absolute atomic E-state index is 0.0239. The number of phenols is 1. The van der Waals surface area contributed by atoms with Gasteiger partial charge in [0.2, 0.25) is 5.78 Å². The number of fused-ring (bicyclic) bond motifs is 3. The summed E-state index contributed by atoms with van der Waals surface area (Å²) in [6, 6.07) is 8.77. The van der Waals surface area contributed by atoms with Crippen molar-refractivity contribution in [3.8, 4) is 17.0 Å². The number of aryl methyl sites for hydroxylation is 1. The van der Waals surface area contributed by atoms with Gasteiger partial charge in [0.15, 0.2) is 16.5 Å². The zero-order valence-corrected chi connectivity index (χ0v) is 27.5. The summed E-state index contributed by atoms with van der Waals surface area (Å²) in [7, 11) is 6.84. The summed E-state index contributed by atoms with van der Waals surface area (Å²) in [5.41, 5.74) is 6.24. The van der Waals surface area contributed by atoms with Crippen LogP contribution in [0.5, 0.6) is 5.75 Å². The van der Waals surface area contributed by atoms with Gasteiger partial charge in [-0.3, -0.25) is 19.3 Å². The molecule has 47 heavy (non-hydrogen) atoms. The number of aliphatic hydroxyl groups is 3. The second kappa shape index (κ2) is 11.5. The van der Waals surface area contributed by atoms with E-state index in [-0.39, 0.29) is 36.3 Å². The molecule has 6 rings (SSSR count). The van der Waals surface area contributed by atoms with E-state index in [4.69, 9.17) is 5.73 Å². The number of Topliss-reactive ketones (excluding diaryl/α,β-unsaturated/α-hetero) is 2. The number of aliphatic hydroxyl groups excluding tert-OH is 2. The summed E-state index contributed by atoms with van der Waals surface area (Å²) in [5, 5.41) is 51.8. The normalized spacial score (nSPS) is 23.9. The van der Waals surface area contributed by atoms with Gasteiger partial charge in [-0.05, 0) is 51.4 Å². The van der Waals surface area contributed by atoms with Crippen molar-refractivity contribution in [3.63, 3.8) is 0 Å². The van der Waals surface area contributed by atoms with Crippen molar-refractivity contribution >= 4 is 39.6 Å². The van der Waals surface area contributed by atoms with Gasteiger partial charge in [-0.2, -0.15) is 0 Å². The molecule has 0 saturated heterocycles. The van der Waals surface area contributed by atoms with Crippen LogP contribution in [-0.4, -0.2) is 87.6 Å². The molecule has 1 unspecified atom stereocenters. The molecule has 12 nitrogen and oxygen atoms in total. The van der Waals surface area contributed by atoms with Crippen LogP contribution in [-0.2, 0) is 22.6 Å². The van der Waals surface area contributed by atoms with Gasteiger partial charge < -0.3 is 36.4 Å². The Bertz CT molecular complexity index is 1890. The van der Waals surface area contributed by atoms with Crippen LogP contribution in [0, 0.1) is 18.8 Å². The molecule has 0 aliphatic heterocycles. The van der Waals surface area contributed by atoms with Gasteiger partial charge >= 0.3 is 0 Å². The van der Waals surface area contributed by atoms with Crippen molar-refractivity contribution in [2.45, 2.75) is 38.0 Å². The Balaban J connectivity index is 1.40. The molecular formula is C34H37N5O7S. The largest absolute Gasteiger partial charge is 0.510 e. The summed E-state index contributed by atoms with van der Waals surface area (Å²) in [4.78, 5) is 48.1. The van der Waals surface area contributed by atoms with E-state index in [1.54, 1.807) is 20.2 Å². The highest BCUT2D eigenvalue weighted by molar-refractivity contribution is 7.14. The molecule has 246 valence electrons. The lowest BCUT2D eigenvalue weighted by Crippen LogP contribution is -2.63. The molecule has 0 spiro atoms. The van der Waals surface area contributed by atoms with Gasteiger partial charge in [0.25, 0.3) is 5.91 Å². The lowest BCUT2D eigenvalue weighted by molar-refractivity contribution is -0.148. The number of amides is 1. The van der Waals surface area contributed by atoms with Crippen LogP contribution >= 0.6 is 11.3 Å². The third-order valence-electron chi connectivity index (χ3n) is 9.54. The van der Waals surface area contributed by atoms with Crippen LogP contribution in [0.15, 0.2) is 58.4 Å². The molecule has 13 heteroatoms. The number of carbonyl (C=O) groups is 3. The number of hydrogen-bond donors (Lipinski definition) is 6. The molecule has 3 aliphatic carbocycles. The van der Waals surface area contributed by atoms with Crippen LogP contribution in [0.1, 0.15) is 33.5 Å². The fourth-order valence-electron chi connectivity index (χ4n) is 7.27. The van der Waals surface area contributed by atoms with Gasteiger partial charge in [0.1, 0.15) is 22.8 Å². The number of phenolic OH excluding ortho intramolecular Hbond substituents is 1. The predicted octanol–water partition coefficient (Wildman–Crippen LogP) is 3.23. The van der Waals surface area contributed by atoms with Crippen LogP contribution in [0.3, 0.4) is 0 Å². The Morgan fingerprint density at radius 3 is 2.43 bits per heavy atom. The number of aromatic nitrogens is 1. The second-order valence-electron chi connectivity index (χ2n) is 12.9. The molecule has 0 bridgehead atoms. The fourth-order valence-corrected chi connectivity index (χ4v) is 7.99. The third kappa shape index (κ3) is 4.96. The molecule has 3 aliphatic rings. The highest BCUT2D eigenvalue weighted by atomic mass is 32.1. The number of nitrogens with two attached hydrogens (primary N) is 1. The van der Waals surface area contributed by atoms with E-state index in [1.165, 1.54) is 16.2 Å². The monoisotopic (exact) mass is 659 g/mol. The average molecular weight is 660 g/mol. The quantitative estimate of drug-likeness (QED) is 0.204. The minimum Gasteiger partial charge on any atom is -0.510 e. The van der Waals surface area contributed by atoms with E-state index >= 15 is 0 Å². The van der Waals surface area contributed by atoms with Crippen molar-refractivity contribution in [1.29, 1.82) is 0 Å². The standard InChI is InChI=1S/C34H37N5O7S/c1-15-6-8-16(9-7-15)21-14-47-33(37-21)36-13-18-12-22(38(2)3)19-10-17-11-20-26(39(4)5)29(42)25(32(35)45)31(44)34(20,46)30(43)23(17)28(41)24(19)27(18)40/h6-9,12,14,17,20,26,40,42-43,46H,10-11,13H2,1-5H3,(H2,35,45)(H,36,37)/t17-,20-,26?,34-/m0/s1. The maximum absolute atomic E-state index is 14.3. The summed E-state index contributed by atoms with van der Waals surface area (Å²) in [5.74, 6) is -6.78. The second-order valence-corrected chi connectivity index (χ2v) is 13.7. The van der Waals surface area contributed by atoms with E-state index in [0.29, 0.717) is 21.9 Å². The van der Waals surface area contributed by atoms with Gasteiger partial charge in [0, 0.05) is 54.3 Å². The molecule has 1 heterocycles. The molecule has 2 aromatic carbocycles. The molecule has 1 aromatic heterocycles. The molecule has 1 amide bonds. The van der Waals surface area contributed by atoms with Crippen molar-refractivity contribution in [1.82, 2.24) is 9.88 Å². The van der Waals surface area contributed by atoms with E-state index in [1.807, 2.05) is 55.6 Å². The molecular weight excluding hydrogens is 622 g/mol. The Hall–Kier alpha value is -4.72. The lowest BCUT2D eigenvalue weighted by Gasteiger charge is -2.50. The number of anilines is 2. The third-order valence-corrected chi connectivity index (χ3v) is 10.3. The number of benzene rings is 2. The van der Waals surface area contributed by atoms with E-state index in [2.05, 4.69) is 10.3 Å². The molecule has 4 atom stereocenters. The first-order chi connectivity index (χ1) is 22.2. The zero-order chi connectivity index (χ0) is 34.1. The number of thiazole rings is 1. The van der Waals surface area contributed by atoms with Crippen molar-refractivity contribution in [2.75, 3.05) is 38.4 Å². The summed E-state index contributed by atoms with van der Waals surface area (Å²) in [6.07, 6.45) is 0.228. The Labute approximate surface area is 275 Å². The van der Waals surface area contributed by atoms with E-state index in [0.717, 1.165) is 16.8 Å². The lowest BCUT2D eigenvalue weighted by atomic mass is 9.58.